The fourth-order valence-corrected chi connectivity index (χ4v) is 4.38. The van der Waals surface area contributed by atoms with Crippen LogP contribution >= 0.6 is 0 Å². The molecule has 0 radical (unpaired) electrons. The smallest absolute Gasteiger partial charge is 0.338 e. The molecule has 0 aliphatic heterocycles. The van der Waals surface area contributed by atoms with Gasteiger partial charge in [-0.1, -0.05) is 44.2 Å². The molecule has 1 amide bonds. The summed E-state index contributed by atoms with van der Waals surface area (Å²) in [6.07, 6.45) is -0.379. The third-order valence-electron chi connectivity index (χ3n) is 4.97. The molecule has 0 aliphatic carbocycles. The Morgan fingerprint density at radius 3 is 2.26 bits per heavy atom. The Morgan fingerprint density at radius 2 is 1.57 bits per heavy atom. The molecule has 0 unspecified atom stereocenters. The van der Waals surface area contributed by atoms with Gasteiger partial charge in [-0.05, 0) is 53.1 Å². The van der Waals surface area contributed by atoms with Gasteiger partial charge < -0.3 is 14.8 Å². The zero-order valence-electron chi connectivity index (χ0n) is 19.5. The van der Waals surface area contributed by atoms with Crippen molar-refractivity contribution in [3.8, 4) is 0 Å². The topological polar surface area (TPSA) is 116 Å². The molecule has 8 nitrogen and oxygen atoms in total. The Kier molecular flexibility index (Phi) is 8.59. The van der Waals surface area contributed by atoms with Crippen LogP contribution in [0.1, 0.15) is 30.6 Å². The maximum Gasteiger partial charge on any atom is 0.338 e. The summed E-state index contributed by atoms with van der Waals surface area (Å²) < 4.78 is 35.2. The van der Waals surface area contributed by atoms with Crippen LogP contribution in [0.4, 0.5) is 5.69 Å². The first kappa shape index (κ1) is 25.9. The number of esters is 2. The first-order valence-electron chi connectivity index (χ1n) is 11.1. The van der Waals surface area contributed by atoms with E-state index in [0.29, 0.717) is 17.9 Å². The molecular weight excluding hydrogens is 470 g/mol. The summed E-state index contributed by atoms with van der Waals surface area (Å²) in [4.78, 5) is 36.1. The van der Waals surface area contributed by atoms with E-state index in [4.69, 9.17) is 9.47 Å². The van der Waals surface area contributed by atoms with E-state index < -0.39 is 40.0 Å². The van der Waals surface area contributed by atoms with Crippen LogP contribution in [0, 0.1) is 5.92 Å². The molecule has 0 fully saturated rings. The highest BCUT2D eigenvalue weighted by molar-refractivity contribution is 7.91. The number of rotatable bonds is 10. The molecule has 0 heterocycles. The summed E-state index contributed by atoms with van der Waals surface area (Å²) in [7, 11) is -3.69. The van der Waals surface area contributed by atoms with E-state index in [9.17, 15) is 22.8 Å². The third kappa shape index (κ3) is 7.65. The standard InChI is InChI=1S/C26H27NO7S/c1-18(2)16-34-26(30)20-7-10-22(11-8-20)27-24(28)17-33-25(29)13-14-35(31,32)23-12-9-19-5-3-4-6-21(19)15-23/h3-12,15,18H,13-14,16-17H2,1-2H3,(H,27,28). The molecule has 0 spiro atoms. The van der Waals surface area contributed by atoms with Gasteiger partial charge in [0, 0.05) is 5.69 Å². The number of fused-ring (bicyclic) bond motifs is 1. The van der Waals surface area contributed by atoms with Crippen LogP contribution in [0.25, 0.3) is 10.8 Å². The highest BCUT2D eigenvalue weighted by Crippen LogP contribution is 2.20. The van der Waals surface area contributed by atoms with Crippen LogP contribution < -0.4 is 5.32 Å². The Hall–Kier alpha value is -3.72. The van der Waals surface area contributed by atoms with E-state index in [-0.39, 0.29) is 17.2 Å². The Balaban J connectivity index is 1.45. The second-order valence-electron chi connectivity index (χ2n) is 8.36. The minimum atomic E-state index is -3.69. The molecule has 0 bridgehead atoms. The van der Waals surface area contributed by atoms with Gasteiger partial charge in [-0.25, -0.2) is 13.2 Å². The fraction of sp³-hybridized carbons (Fsp3) is 0.269. The molecule has 0 saturated carbocycles. The highest BCUT2D eigenvalue weighted by atomic mass is 32.2. The zero-order valence-corrected chi connectivity index (χ0v) is 20.3. The number of benzene rings is 3. The lowest BCUT2D eigenvalue weighted by Crippen LogP contribution is -2.22. The lowest BCUT2D eigenvalue weighted by molar-refractivity contribution is -0.146. The first-order valence-corrected chi connectivity index (χ1v) is 12.7. The van der Waals surface area contributed by atoms with Gasteiger partial charge in [0.05, 0.1) is 29.2 Å². The second kappa shape index (κ2) is 11.6. The van der Waals surface area contributed by atoms with Gasteiger partial charge in [0.25, 0.3) is 5.91 Å². The van der Waals surface area contributed by atoms with Crippen LogP contribution in [0.15, 0.2) is 71.6 Å². The van der Waals surface area contributed by atoms with E-state index in [1.165, 1.54) is 30.3 Å². The average Bonchev–Trinajstić information content (AvgIpc) is 2.85. The van der Waals surface area contributed by atoms with Crippen molar-refractivity contribution >= 4 is 44.1 Å². The van der Waals surface area contributed by atoms with Crippen molar-refractivity contribution in [2.75, 3.05) is 24.3 Å². The van der Waals surface area contributed by atoms with E-state index in [1.807, 2.05) is 38.1 Å². The molecule has 3 aromatic rings. The molecule has 35 heavy (non-hydrogen) atoms. The number of ether oxygens (including phenoxy) is 2. The molecule has 3 rings (SSSR count). The summed E-state index contributed by atoms with van der Waals surface area (Å²) in [6.45, 7) is 3.62. The van der Waals surface area contributed by atoms with Crippen LogP contribution in [0.3, 0.4) is 0 Å². The Labute approximate surface area is 204 Å². The summed E-state index contributed by atoms with van der Waals surface area (Å²) in [5.41, 5.74) is 0.757. The number of anilines is 1. The van der Waals surface area contributed by atoms with Crippen LogP contribution in [-0.4, -0.2) is 45.2 Å². The predicted molar refractivity (Wildman–Crippen MR) is 132 cm³/mol. The fourth-order valence-electron chi connectivity index (χ4n) is 3.13. The van der Waals surface area contributed by atoms with Gasteiger partial charge in [0.2, 0.25) is 0 Å². The normalized spacial score (nSPS) is 11.3. The number of hydrogen-bond donors (Lipinski definition) is 1. The monoisotopic (exact) mass is 497 g/mol. The summed E-state index contributed by atoms with van der Waals surface area (Å²) in [6, 6.07) is 18.3. The molecule has 0 saturated heterocycles. The van der Waals surface area contributed by atoms with Gasteiger partial charge >= 0.3 is 11.9 Å². The minimum absolute atomic E-state index is 0.123. The average molecular weight is 498 g/mol. The molecule has 1 N–H and O–H groups in total. The van der Waals surface area contributed by atoms with Crippen molar-refractivity contribution < 1.29 is 32.3 Å². The van der Waals surface area contributed by atoms with E-state index >= 15 is 0 Å². The van der Waals surface area contributed by atoms with Gasteiger partial charge in [-0.3, -0.25) is 9.59 Å². The molecule has 0 aromatic heterocycles. The quantitative estimate of drug-likeness (QED) is 0.421. The van der Waals surface area contributed by atoms with E-state index in [1.54, 1.807) is 12.1 Å². The molecule has 3 aromatic carbocycles. The van der Waals surface area contributed by atoms with Crippen LogP contribution in [-0.2, 0) is 28.9 Å². The summed E-state index contributed by atoms with van der Waals surface area (Å²) in [5.74, 6) is -2.05. The Morgan fingerprint density at radius 1 is 0.886 bits per heavy atom. The molecular formula is C26H27NO7S. The number of carbonyl (C=O) groups excluding carboxylic acids is 3. The number of hydrogen-bond acceptors (Lipinski definition) is 7. The van der Waals surface area contributed by atoms with Gasteiger partial charge in [-0.15, -0.1) is 0 Å². The van der Waals surface area contributed by atoms with E-state index in [0.717, 1.165) is 10.8 Å². The number of nitrogens with one attached hydrogen (secondary N) is 1. The van der Waals surface area contributed by atoms with Crippen molar-refractivity contribution in [1.82, 2.24) is 0 Å². The first-order chi connectivity index (χ1) is 16.6. The third-order valence-corrected chi connectivity index (χ3v) is 6.69. The largest absolute Gasteiger partial charge is 0.462 e. The van der Waals surface area contributed by atoms with E-state index in [2.05, 4.69) is 5.32 Å². The van der Waals surface area contributed by atoms with Crippen molar-refractivity contribution in [2.24, 2.45) is 5.92 Å². The summed E-state index contributed by atoms with van der Waals surface area (Å²) >= 11 is 0. The Bertz CT molecular complexity index is 1320. The molecule has 0 atom stereocenters. The second-order valence-corrected chi connectivity index (χ2v) is 10.5. The maximum absolute atomic E-state index is 12.6. The molecule has 9 heteroatoms. The lowest BCUT2D eigenvalue weighted by Gasteiger charge is -2.09. The van der Waals surface area contributed by atoms with Crippen LogP contribution in [0.2, 0.25) is 0 Å². The SMILES string of the molecule is CC(C)COC(=O)c1ccc(NC(=O)COC(=O)CCS(=O)(=O)c2ccc3ccccc3c2)cc1. The van der Waals surface area contributed by atoms with Crippen molar-refractivity contribution in [3.05, 3.63) is 72.3 Å². The van der Waals surface area contributed by atoms with Crippen molar-refractivity contribution in [1.29, 1.82) is 0 Å². The number of amides is 1. The lowest BCUT2D eigenvalue weighted by atomic mass is 10.1. The van der Waals surface area contributed by atoms with Gasteiger partial charge in [0.1, 0.15) is 0 Å². The van der Waals surface area contributed by atoms with Crippen molar-refractivity contribution in [2.45, 2.75) is 25.2 Å². The molecule has 184 valence electrons. The molecule has 0 aliphatic rings. The van der Waals surface area contributed by atoms with Gasteiger partial charge in [0.15, 0.2) is 16.4 Å². The minimum Gasteiger partial charge on any atom is -0.462 e. The van der Waals surface area contributed by atoms with Crippen LogP contribution in [0.5, 0.6) is 0 Å². The highest BCUT2D eigenvalue weighted by Gasteiger charge is 2.18. The number of sulfone groups is 1. The van der Waals surface area contributed by atoms with Gasteiger partial charge in [-0.2, -0.15) is 0 Å². The maximum atomic E-state index is 12.6. The summed E-state index contributed by atoms with van der Waals surface area (Å²) in [5, 5.41) is 4.24. The van der Waals surface area contributed by atoms with Crippen molar-refractivity contribution in [3.63, 3.8) is 0 Å². The predicted octanol–water partition coefficient (Wildman–Crippen LogP) is 4.00. The zero-order chi connectivity index (χ0) is 25.4. The number of carbonyl (C=O) groups is 3.